The molecule has 0 aliphatic heterocycles. The van der Waals surface area contributed by atoms with E-state index in [2.05, 4.69) is 16.0 Å². The highest BCUT2D eigenvalue weighted by atomic mass is 19.4. The predicted molar refractivity (Wildman–Crippen MR) is 116 cm³/mol. The molecule has 1 fully saturated rings. The summed E-state index contributed by atoms with van der Waals surface area (Å²) in [6, 6.07) is 3.87. The molecule has 3 atom stereocenters. The van der Waals surface area contributed by atoms with Gasteiger partial charge in [0.15, 0.2) is 0 Å². The predicted octanol–water partition coefficient (Wildman–Crippen LogP) is 3.04. The van der Waals surface area contributed by atoms with Crippen molar-refractivity contribution in [2.45, 2.75) is 77.4 Å². The van der Waals surface area contributed by atoms with Crippen molar-refractivity contribution in [1.29, 1.82) is 0 Å². The number of esters is 1. The van der Waals surface area contributed by atoms with Crippen molar-refractivity contribution in [1.82, 2.24) is 16.0 Å². The van der Waals surface area contributed by atoms with E-state index in [9.17, 15) is 27.6 Å². The van der Waals surface area contributed by atoms with Gasteiger partial charge >= 0.3 is 12.1 Å². The number of carbonyl (C=O) groups excluding carboxylic acids is 3. The maximum Gasteiger partial charge on any atom is 0.416 e. The van der Waals surface area contributed by atoms with E-state index in [4.69, 9.17) is 4.74 Å². The van der Waals surface area contributed by atoms with E-state index in [-0.39, 0.29) is 23.8 Å². The lowest BCUT2D eigenvalue weighted by molar-refractivity contribution is -0.155. The molecule has 1 saturated carbocycles. The van der Waals surface area contributed by atoms with Crippen molar-refractivity contribution < 1.29 is 32.3 Å². The van der Waals surface area contributed by atoms with Gasteiger partial charge in [-0.3, -0.25) is 14.4 Å². The quantitative estimate of drug-likeness (QED) is 0.507. The zero-order valence-electron chi connectivity index (χ0n) is 19.3. The highest BCUT2D eigenvalue weighted by molar-refractivity contribution is 5.96. The highest BCUT2D eigenvalue weighted by Crippen LogP contribution is 2.29. The van der Waals surface area contributed by atoms with Crippen molar-refractivity contribution in [3.8, 4) is 0 Å². The molecule has 1 aliphatic carbocycles. The van der Waals surface area contributed by atoms with Crippen molar-refractivity contribution in [3.05, 3.63) is 35.4 Å². The second-order valence-corrected chi connectivity index (χ2v) is 8.86. The lowest BCUT2D eigenvalue weighted by Gasteiger charge is -2.36. The number of halogens is 3. The molecule has 2 rings (SSSR count). The number of benzene rings is 1. The van der Waals surface area contributed by atoms with Crippen LogP contribution < -0.4 is 16.0 Å². The first kappa shape index (κ1) is 26.6. The molecule has 0 heterocycles. The largest absolute Gasteiger partial charge is 0.463 e. The maximum absolute atomic E-state index is 12.8. The number of hydrogen-bond donors (Lipinski definition) is 3. The molecular formula is C23H32F3N3O4. The molecule has 10 heteroatoms. The van der Waals surface area contributed by atoms with Crippen LogP contribution in [0, 0.1) is 5.92 Å². The first-order chi connectivity index (χ1) is 15.4. The third-order valence-corrected chi connectivity index (χ3v) is 5.28. The molecule has 0 saturated heterocycles. The standard InChI is InChI=1S/C23H32F3N3O4/c1-13(2)28-17-8-9-19(18(11-17)22(32)33-14(3)4)29-20(30)12-27-21(31)15-6-5-7-16(10-15)23(24,25)26/h5-7,10,13-14,17-19,28H,8-9,11-12H2,1-4H3,(H,27,31)(H,29,30)/t17-,18-,19+/m1/s1. The third-order valence-electron chi connectivity index (χ3n) is 5.28. The molecule has 0 bridgehead atoms. The van der Waals surface area contributed by atoms with Gasteiger partial charge in [-0.15, -0.1) is 0 Å². The van der Waals surface area contributed by atoms with Crippen molar-refractivity contribution in [2.24, 2.45) is 5.92 Å². The van der Waals surface area contributed by atoms with Crippen LogP contribution in [0.5, 0.6) is 0 Å². The van der Waals surface area contributed by atoms with Crippen LogP contribution in [0.3, 0.4) is 0 Å². The van der Waals surface area contributed by atoms with Gasteiger partial charge in [0.05, 0.1) is 24.1 Å². The minimum atomic E-state index is -4.57. The van der Waals surface area contributed by atoms with Gasteiger partial charge < -0.3 is 20.7 Å². The first-order valence-corrected chi connectivity index (χ1v) is 11.1. The van der Waals surface area contributed by atoms with Gasteiger partial charge in [0.2, 0.25) is 5.91 Å². The van der Waals surface area contributed by atoms with Gasteiger partial charge in [-0.2, -0.15) is 13.2 Å². The summed E-state index contributed by atoms with van der Waals surface area (Å²) in [7, 11) is 0. The topological polar surface area (TPSA) is 96.5 Å². The summed E-state index contributed by atoms with van der Waals surface area (Å²) in [5.74, 6) is -2.26. The molecule has 0 unspecified atom stereocenters. The molecule has 3 N–H and O–H groups in total. The number of hydrogen-bond acceptors (Lipinski definition) is 5. The lowest BCUT2D eigenvalue weighted by Crippen LogP contribution is -2.53. The Kier molecular flexibility index (Phi) is 9.27. The van der Waals surface area contributed by atoms with Crippen molar-refractivity contribution >= 4 is 17.8 Å². The number of amides is 2. The zero-order chi connectivity index (χ0) is 24.8. The van der Waals surface area contributed by atoms with Crippen LogP contribution in [0.4, 0.5) is 13.2 Å². The summed E-state index contributed by atoms with van der Waals surface area (Å²) in [5.41, 5.74) is -1.14. The number of alkyl halides is 3. The smallest absolute Gasteiger partial charge is 0.416 e. The average Bonchev–Trinajstić information content (AvgIpc) is 2.71. The van der Waals surface area contributed by atoms with Crippen LogP contribution in [0.1, 0.15) is 62.9 Å². The number of rotatable bonds is 8. The van der Waals surface area contributed by atoms with E-state index in [1.807, 2.05) is 13.8 Å². The van der Waals surface area contributed by atoms with E-state index >= 15 is 0 Å². The Morgan fingerprint density at radius 3 is 2.42 bits per heavy atom. The van der Waals surface area contributed by atoms with E-state index in [0.717, 1.165) is 24.6 Å². The minimum Gasteiger partial charge on any atom is -0.463 e. The molecule has 0 aromatic heterocycles. The highest BCUT2D eigenvalue weighted by Gasteiger charge is 2.37. The summed E-state index contributed by atoms with van der Waals surface area (Å²) >= 11 is 0. The summed E-state index contributed by atoms with van der Waals surface area (Å²) < 4.78 is 43.9. The minimum absolute atomic E-state index is 0.114. The van der Waals surface area contributed by atoms with E-state index < -0.39 is 48.0 Å². The van der Waals surface area contributed by atoms with Crippen LogP contribution in [-0.4, -0.2) is 48.6 Å². The molecule has 184 valence electrons. The van der Waals surface area contributed by atoms with Crippen LogP contribution >= 0.6 is 0 Å². The van der Waals surface area contributed by atoms with Gasteiger partial charge in [0.1, 0.15) is 0 Å². The fourth-order valence-electron chi connectivity index (χ4n) is 3.90. The Hall–Kier alpha value is -2.62. The number of nitrogens with one attached hydrogen (secondary N) is 3. The van der Waals surface area contributed by atoms with Crippen LogP contribution in [-0.2, 0) is 20.5 Å². The van der Waals surface area contributed by atoms with Crippen LogP contribution in [0.25, 0.3) is 0 Å². The zero-order valence-corrected chi connectivity index (χ0v) is 19.3. The fraction of sp³-hybridized carbons (Fsp3) is 0.609. The maximum atomic E-state index is 12.8. The molecule has 0 radical (unpaired) electrons. The fourth-order valence-corrected chi connectivity index (χ4v) is 3.90. The summed E-state index contributed by atoms with van der Waals surface area (Å²) in [6.07, 6.45) is -3.05. The summed E-state index contributed by atoms with van der Waals surface area (Å²) in [5, 5.41) is 8.52. The van der Waals surface area contributed by atoms with Gasteiger partial charge in [-0.05, 0) is 51.3 Å². The molecule has 33 heavy (non-hydrogen) atoms. The Morgan fingerprint density at radius 1 is 1.12 bits per heavy atom. The van der Waals surface area contributed by atoms with Gasteiger partial charge in [0.25, 0.3) is 5.91 Å². The molecule has 1 aromatic carbocycles. The first-order valence-electron chi connectivity index (χ1n) is 11.1. The van der Waals surface area contributed by atoms with Crippen LogP contribution in [0.15, 0.2) is 24.3 Å². The molecule has 1 aromatic rings. The van der Waals surface area contributed by atoms with Crippen LogP contribution in [0.2, 0.25) is 0 Å². The SMILES string of the molecule is CC(C)N[C@@H]1CC[C@H](NC(=O)CNC(=O)c2cccc(C(F)(F)F)c2)[C@H](C(=O)OC(C)C)C1. The van der Waals surface area contributed by atoms with E-state index in [1.165, 1.54) is 6.07 Å². The Morgan fingerprint density at radius 2 is 1.82 bits per heavy atom. The molecule has 7 nitrogen and oxygen atoms in total. The molecule has 2 amide bonds. The van der Waals surface area contributed by atoms with Gasteiger partial charge in [0, 0.05) is 23.7 Å². The second-order valence-electron chi connectivity index (χ2n) is 8.86. The third kappa shape index (κ3) is 8.34. The Bertz CT molecular complexity index is 842. The Balaban J connectivity index is 1.97. The van der Waals surface area contributed by atoms with Crippen molar-refractivity contribution in [3.63, 3.8) is 0 Å². The number of carbonyl (C=O) groups is 3. The normalized spacial score (nSPS) is 21.1. The van der Waals surface area contributed by atoms with Gasteiger partial charge in [-0.1, -0.05) is 19.9 Å². The van der Waals surface area contributed by atoms with E-state index in [0.29, 0.717) is 12.8 Å². The number of ether oxygens (including phenoxy) is 1. The van der Waals surface area contributed by atoms with Gasteiger partial charge in [-0.25, -0.2) is 0 Å². The average molecular weight is 472 g/mol. The molecule has 0 spiro atoms. The van der Waals surface area contributed by atoms with Crippen molar-refractivity contribution in [2.75, 3.05) is 6.54 Å². The molecular weight excluding hydrogens is 439 g/mol. The monoisotopic (exact) mass is 471 g/mol. The summed E-state index contributed by atoms with van der Waals surface area (Å²) in [4.78, 5) is 37.3. The second kappa shape index (κ2) is 11.5. The molecule has 1 aliphatic rings. The van der Waals surface area contributed by atoms with E-state index in [1.54, 1.807) is 13.8 Å². The Labute approximate surface area is 191 Å². The lowest BCUT2D eigenvalue weighted by atomic mass is 9.81. The summed E-state index contributed by atoms with van der Waals surface area (Å²) in [6.45, 7) is 7.11.